The van der Waals surface area contributed by atoms with E-state index in [-0.39, 0.29) is 10.9 Å². The third-order valence-corrected chi connectivity index (χ3v) is 5.30. The summed E-state index contributed by atoms with van der Waals surface area (Å²) in [7, 11) is 0. The Bertz CT molecular complexity index is 789. The second-order valence-corrected chi connectivity index (χ2v) is 7.07. The second-order valence-electron chi connectivity index (χ2n) is 5.58. The van der Waals surface area contributed by atoms with Gasteiger partial charge in [-0.3, -0.25) is 4.79 Å². The Balaban J connectivity index is 1.94. The van der Waals surface area contributed by atoms with Crippen LogP contribution in [0.3, 0.4) is 0 Å². The van der Waals surface area contributed by atoms with Crippen molar-refractivity contribution in [1.29, 1.82) is 0 Å². The monoisotopic (exact) mass is 481 g/mol. The predicted molar refractivity (Wildman–Crippen MR) is 97.1 cm³/mol. The van der Waals surface area contributed by atoms with Crippen molar-refractivity contribution in [3.8, 4) is 0 Å². The first kappa shape index (κ1) is 18.5. The van der Waals surface area contributed by atoms with Crippen LogP contribution in [-0.2, 0) is 9.53 Å². The summed E-state index contributed by atoms with van der Waals surface area (Å²) in [5.74, 6) is -0.287. The van der Waals surface area contributed by atoms with Gasteiger partial charge in [-0.05, 0) is 34.2 Å². The van der Waals surface area contributed by atoms with Crippen LogP contribution < -0.4 is 5.32 Å². The van der Waals surface area contributed by atoms with E-state index in [0.29, 0.717) is 9.15 Å². The van der Waals surface area contributed by atoms with Gasteiger partial charge in [-0.15, -0.1) is 0 Å². The molecule has 3 nitrogen and oxygen atoms in total. The van der Waals surface area contributed by atoms with Gasteiger partial charge in [0.15, 0.2) is 0 Å². The Morgan fingerprint density at radius 3 is 2.56 bits per heavy atom. The Hall–Kier alpha value is -1.32. The highest BCUT2D eigenvalue weighted by Gasteiger charge is 2.47. The van der Waals surface area contributed by atoms with Crippen molar-refractivity contribution in [2.45, 2.75) is 17.8 Å². The summed E-state index contributed by atoms with van der Waals surface area (Å²) >= 11 is 8.34. The number of halogens is 5. The van der Waals surface area contributed by atoms with E-state index in [4.69, 9.17) is 16.3 Å². The number of rotatable bonds is 3. The van der Waals surface area contributed by atoms with E-state index in [2.05, 4.69) is 5.32 Å². The molecule has 2 aliphatic rings. The molecule has 1 N–H and O–H groups in total. The molecule has 1 aliphatic heterocycles. The molecule has 0 saturated carbocycles. The molecule has 1 spiro atoms. The zero-order valence-electron chi connectivity index (χ0n) is 12.6. The number of amides is 1. The average Bonchev–Trinajstić information content (AvgIpc) is 2.81. The van der Waals surface area contributed by atoms with Crippen LogP contribution in [0.5, 0.6) is 0 Å². The Morgan fingerprint density at radius 1 is 1.28 bits per heavy atom. The van der Waals surface area contributed by atoms with Gasteiger partial charge >= 0.3 is 6.18 Å². The standard InChI is InChI=1S/C17H12ClF3INO2/c18-12-8-11(25-9-17(19,20)21)6-7-16(12)13(14(22)15(24)23-16)10-4-2-1-3-5-10/h1-8,11H,9H2,(H,23,24). The molecule has 2 unspecified atom stereocenters. The highest BCUT2D eigenvalue weighted by Crippen LogP contribution is 2.46. The summed E-state index contributed by atoms with van der Waals surface area (Å²) in [5, 5.41) is 3.02. The number of nitrogens with one attached hydrogen (secondary N) is 1. The van der Waals surface area contributed by atoms with E-state index in [1.807, 2.05) is 52.9 Å². The fraction of sp³-hybridized carbons (Fsp3) is 0.235. The lowest BCUT2D eigenvalue weighted by molar-refractivity contribution is -0.177. The molecule has 0 saturated heterocycles. The SMILES string of the molecule is O=C1NC2(C=CC(OCC(F)(F)F)C=C2Cl)C(c2ccccc2)=C1I. The maximum atomic E-state index is 12.3. The molecule has 1 aliphatic carbocycles. The van der Waals surface area contributed by atoms with Gasteiger partial charge in [-0.2, -0.15) is 13.2 Å². The number of benzene rings is 1. The largest absolute Gasteiger partial charge is 0.411 e. The summed E-state index contributed by atoms with van der Waals surface area (Å²) in [6.45, 7) is -1.37. The number of carbonyl (C=O) groups excluding carboxylic acids is 1. The summed E-state index contributed by atoms with van der Waals surface area (Å²) in [4.78, 5) is 12.2. The van der Waals surface area contributed by atoms with E-state index >= 15 is 0 Å². The molecular formula is C17H12ClF3INO2. The number of hydrogen-bond acceptors (Lipinski definition) is 2. The smallest absolute Gasteiger partial charge is 0.361 e. The first-order chi connectivity index (χ1) is 11.7. The van der Waals surface area contributed by atoms with Gasteiger partial charge in [-0.1, -0.05) is 54.1 Å². The van der Waals surface area contributed by atoms with E-state index in [1.54, 1.807) is 6.08 Å². The lowest BCUT2D eigenvalue weighted by Gasteiger charge is -2.33. The topological polar surface area (TPSA) is 38.3 Å². The zero-order chi connectivity index (χ0) is 18.2. The van der Waals surface area contributed by atoms with Crippen LogP contribution >= 0.6 is 34.2 Å². The fourth-order valence-electron chi connectivity index (χ4n) is 2.79. The van der Waals surface area contributed by atoms with Gasteiger partial charge in [0.1, 0.15) is 12.1 Å². The lowest BCUT2D eigenvalue weighted by Crippen LogP contribution is -2.45. The third kappa shape index (κ3) is 3.63. The van der Waals surface area contributed by atoms with Crippen LogP contribution in [0.15, 0.2) is 57.2 Å². The predicted octanol–water partition coefficient (Wildman–Crippen LogP) is 4.34. The molecule has 0 radical (unpaired) electrons. The third-order valence-electron chi connectivity index (χ3n) is 3.85. The quantitative estimate of drug-likeness (QED) is 0.515. The number of hydrogen-bond donors (Lipinski definition) is 1. The molecule has 1 amide bonds. The van der Waals surface area contributed by atoms with E-state index in [1.165, 1.54) is 12.2 Å². The van der Waals surface area contributed by atoms with Crippen molar-refractivity contribution >= 4 is 45.7 Å². The molecule has 25 heavy (non-hydrogen) atoms. The van der Waals surface area contributed by atoms with Gasteiger partial charge in [0.2, 0.25) is 0 Å². The summed E-state index contributed by atoms with van der Waals surface area (Å²) in [6, 6.07) is 9.22. The minimum atomic E-state index is -4.42. The van der Waals surface area contributed by atoms with Crippen LogP contribution in [0, 0.1) is 0 Å². The highest BCUT2D eigenvalue weighted by molar-refractivity contribution is 14.1. The van der Waals surface area contributed by atoms with Crippen LogP contribution in [0.4, 0.5) is 13.2 Å². The first-order valence-corrected chi connectivity index (χ1v) is 8.72. The van der Waals surface area contributed by atoms with E-state index in [0.717, 1.165) is 5.56 Å². The molecular weight excluding hydrogens is 470 g/mol. The molecule has 0 aromatic heterocycles. The molecule has 0 fully saturated rings. The average molecular weight is 482 g/mol. The van der Waals surface area contributed by atoms with Crippen molar-refractivity contribution in [2.75, 3.05) is 6.61 Å². The minimum Gasteiger partial charge on any atom is -0.361 e. The molecule has 1 heterocycles. The van der Waals surface area contributed by atoms with E-state index < -0.39 is 24.4 Å². The molecule has 2 atom stereocenters. The van der Waals surface area contributed by atoms with Crippen molar-refractivity contribution in [3.05, 3.63) is 62.7 Å². The number of alkyl halides is 3. The molecule has 3 rings (SSSR count). The summed E-state index contributed by atoms with van der Waals surface area (Å²) < 4.78 is 42.3. The maximum absolute atomic E-state index is 12.3. The molecule has 1 aromatic rings. The van der Waals surface area contributed by atoms with Crippen molar-refractivity contribution < 1.29 is 22.7 Å². The van der Waals surface area contributed by atoms with Crippen LogP contribution in [0.2, 0.25) is 0 Å². The summed E-state index contributed by atoms with van der Waals surface area (Å²) in [5.41, 5.74) is 0.385. The second kappa shape index (κ2) is 6.77. The summed E-state index contributed by atoms with van der Waals surface area (Å²) in [6.07, 6.45) is -0.897. The van der Waals surface area contributed by atoms with Gasteiger partial charge in [-0.25, -0.2) is 0 Å². The van der Waals surface area contributed by atoms with Gasteiger partial charge in [0.05, 0.1) is 14.7 Å². The number of carbonyl (C=O) groups is 1. The minimum absolute atomic E-state index is 0.195. The number of ether oxygens (including phenoxy) is 1. The molecule has 132 valence electrons. The Labute approximate surface area is 160 Å². The van der Waals surface area contributed by atoms with Crippen molar-refractivity contribution in [3.63, 3.8) is 0 Å². The van der Waals surface area contributed by atoms with Crippen LogP contribution in [0.25, 0.3) is 5.57 Å². The van der Waals surface area contributed by atoms with Crippen LogP contribution in [-0.4, -0.2) is 30.3 Å². The maximum Gasteiger partial charge on any atom is 0.411 e. The first-order valence-electron chi connectivity index (χ1n) is 7.26. The lowest BCUT2D eigenvalue weighted by atomic mass is 9.83. The van der Waals surface area contributed by atoms with Crippen molar-refractivity contribution in [2.24, 2.45) is 0 Å². The zero-order valence-corrected chi connectivity index (χ0v) is 15.5. The molecule has 1 aromatic carbocycles. The Kier molecular flexibility index (Phi) is 5.00. The Morgan fingerprint density at radius 2 is 1.96 bits per heavy atom. The normalized spacial score (nSPS) is 26.2. The van der Waals surface area contributed by atoms with Gasteiger partial charge in [0.25, 0.3) is 5.91 Å². The molecule has 0 bridgehead atoms. The fourth-order valence-corrected chi connectivity index (χ4v) is 3.99. The molecule has 8 heteroatoms. The van der Waals surface area contributed by atoms with Crippen molar-refractivity contribution in [1.82, 2.24) is 5.32 Å². The van der Waals surface area contributed by atoms with Gasteiger partial charge in [0, 0.05) is 5.57 Å². The highest BCUT2D eigenvalue weighted by atomic mass is 127. The van der Waals surface area contributed by atoms with E-state index in [9.17, 15) is 18.0 Å². The van der Waals surface area contributed by atoms with Crippen LogP contribution in [0.1, 0.15) is 5.56 Å². The van der Waals surface area contributed by atoms with Gasteiger partial charge < -0.3 is 10.1 Å².